The van der Waals surface area contributed by atoms with Crippen LogP contribution in [0.2, 0.25) is 0 Å². The van der Waals surface area contributed by atoms with Crippen molar-refractivity contribution in [2.75, 3.05) is 4.90 Å². The van der Waals surface area contributed by atoms with E-state index in [2.05, 4.69) is 173 Å². The second kappa shape index (κ2) is 13.4. The van der Waals surface area contributed by atoms with Gasteiger partial charge in [-0.15, -0.1) is 0 Å². The molecule has 0 saturated carbocycles. The van der Waals surface area contributed by atoms with Gasteiger partial charge >= 0.3 is 0 Å². The number of pyridine rings is 1. The van der Waals surface area contributed by atoms with E-state index < -0.39 is 0 Å². The van der Waals surface area contributed by atoms with Crippen LogP contribution in [0, 0.1) is 0 Å². The summed E-state index contributed by atoms with van der Waals surface area (Å²) < 4.78 is 2.20. The molecule has 0 saturated heterocycles. The Morgan fingerprint density at radius 1 is 0.359 bits per heavy atom. The molecule has 5 heterocycles. The molecular weight excluding hydrogens is 781 g/mol. The zero-order valence-electron chi connectivity index (χ0n) is 34.3. The summed E-state index contributed by atoms with van der Waals surface area (Å²) in [6.07, 6.45) is 1.93. The van der Waals surface area contributed by atoms with Gasteiger partial charge in [-0.05, 0) is 93.2 Å². The van der Waals surface area contributed by atoms with E-state index in [0.29, 0.717) is 17.6 Å². The van der Waals surface area contributed by atoms with E-state index in [1.807, 2.05) is 42.6 Å². The first-order chi connectivity index (χ1) is 31.7. The van der Waals surface area contributed by atoms with E-state index in [4.69, 9.17) is 19.9 Å². The predicted molar refractivity (Wildman–Crippen MR) is 261 cm³/mol. The number of hydrogen-bond donors (Lipinski definition) is 0. The number of rotatable bonds is 5. The summed E-state index contributed by atoms with van der Waals surface area (Å²) in [6.45, 7) is 0. The smallest absolute Gasteiger partial charge is 0.238 e. The van der Waals surface area contributed by atoms with Crippen molar-refractivity contribution >= 4 is 60.4 Å². The minimum Gasteiger partial charge on any atom is -0.306 e. The van der Waals surface area contributed by atoms with Crippen molar-refractivity contribution in [3.8, 4) is 73.4 Å². The van der Waals surface area contributed by atoms with Crippen molar-refractivity contribution in [1.82, 2.24) is 24.5 Å². The van der Waals surface area contributed by atoms with E-state index >= 15 is 0 Å². The van der Waals surface area contributed by atoms with Gasteiger partial charge in [0.15, 0.2) is 11.6 Å². The molecule has 2 aliphatic heterocycles. The summed E-state index contributed by atoms with van der Waals surface area (Å²) in [6, 6.07) is 71.4. The maximum absolute atomic E-state index is 5.19. The van der Waals surface area contributed by atoms with Gasteiger partial charge in [0, 0.05) is 50.0 Å². The lowest BCUT2D eigenvalue weighted by Gasteiger charge is -2.39. The molecule has 0 spiro atoms. The monoisotopic (exact) mass is 814 g/mol. The van der Waals surface area contributed by atoms with Crippen molar-refractivity contribution in [3.63, 3.8) is 0 Å². The number of nitrogens with zero attached hydrogens (tertiary/aromatic N) is 6. The maximum Gasteiger partial charge on any atom is 0.238 e. The largest absolute Gasteiger partial charge is 0.306 e. The average Bonchev–Trinajstić information content (AvgIpc) is 3.70. The fourth-order valence-electron chi connectivity index (χ4n) is 10.3. The third-order valence-corrected chi connectivity index (χ3v) is 13.1. The Morgan fingerprint density at radius 3 is 1.78 bits per heavy atom. The standard InChI is InChI=1S/C58H34N6/c1-4-15-35(16-5-1)40-32-45-43(34-46-42-24-12-21-36-22-13-26-50(52(36)42)63-51-27-14-30-59-54(51)47(33-40)53(45)55(46)63)39-28-29-49-44(31-39)41-23-10-11-25-48(41)64(49)58-61-56(37-17-6-2-7-18-37)60-57(62-58)38-19-8-3-9-20-38/h1-34H. The van der Waals surface area contributed by atoms with E-state index in [1.165, 1.54) is 55.2 Å². The van der Waals surface area contributed by atoms with Crippen LogP contribution in [0.15, 0.2) is 206 Å². The third kappa shape index (κ3) is 5.02. The molecule has 0 N–H and O–H groups in total. The van der Waals surface area contributed by atoms with Crippen LogP contribution < -0.4 is 4.90 Å². The molecule has 0 amide bonds. The number of fused-ring (bicyclic) bond motifs is 8. The second-order valence-corrected chi connectivity index (χ2v) is 16.6. The highest BCUT2D eigenvalue weighted by Gasteiger charge is 2.35. The van der Waals surface area contributed by atoms with E-state index in [9.17, 15) is 0 Å². The van der Waals surface area contributed by atoms with Crippen molar-refractivity contribution in [2.45, 2.75) is 0 Å². The fourth-order valence-corrected chi connectivity index (χ4v) is 10.3. The molecule has 0 atom stereocenters. The van der Waals surface area contributed by atoms with Crippen molar-refractivity contribution < 1.29 is 0 Å². The van der Waals surface area contributed by atoms with E-state index in [-0.39, 0.29) is 0 Å². The van der Waals surface area contributed by atoms with Crippen LogP contribution in [-0.4, -0.2) is 24.5 Å². The quantitative estimate of drug-likeness (QED) is 0.173. The maximum atomic E-state index is 5.19. The predicted octanol–water partition coefficient (Wildman–Crippen LogP) is 14.8. The lowest BCUT2D eigenvalue weighted by Crippen LogP contribution is -2.20. The fraction of sp³-hybridized carbons (Fsp3) is 0. The number of hydrogen-bond acceptors (Lipinski definition) is 5. The first-order valence-corrected chi connectivity index (χ1v) is 21.6. The van der Waals surface area contributed by atoms with Crippen LogP contribution in [0.5, 0.6) is 0 Å². The molecule has 0 bridgehead atoms. The van der Waals surface area contributed by atoms with Gasteiger partial charge in [0.1, 0.15) is 0 Å². The molecule has 14 rings (SSSR count). The van der Waals surface area contributed by atoms with Gasteiger partial charge in [-0.25, -0.2) is 4.98 Å². The van der Waals surface area contributed by atoms with Gasteiger partial charge in [-0.3, -0.25) is 9.55 Å². The van der Waals surface area contributed by atoms with Gasteiger partial charge in [-0.2, -0.15) is 9.97 Å². The number of para-hydroxylation sites is 1. The second-order valence-electron chi connectivity index (χ2n) is 16.6. The number of aromatic nitrogens is 5. The SMILES string of the molecule is c1ccc(-c2cc3c4c5c(cc(-c6ccc7c(c6)c6ccccc6n7-c6nc(-c7ccccc7)nc(-c7ccccc7)n6)c4c2)-c2cccc4cccc(c24)N5c2cccnc2-3)cc1. The van der Waals surface area contributed by atoms with Gasteiger partial charge < -0.3 is 4.90 Å². The third-order valence-electron chi connectivity index (χ3n) is 13.1. The molecule has 296 valence electrons. The zero-order valence-corrected chi connectivity index (χ0v) is 34.3. The Morgan fingerprint density at radius 2 is 1.02 bits per heavy atom. The molecule has 3 aromatic heterocycles. The summed E-state index contributed by atoms with van der Waals surface area (Å²) in [7, 11) is 0. The summed E-state index contributed by atoms with van der Waals surface area (Å²) in [5.41, 5.74) is 16.6. The molecule has 12 aromatic rings. The molecule has 6 nitrogen and oxygen atoms in total. The van der Waals surface area contributed by atoms with E-state index in [1.54, 1.807) is 0 Å². The minimum absolute atomic E-state index is 0.572. The van der Waals surface area contributed by atoms with Gasteiger partial charge in [0.05, 0.1) is 33.8 Å². The van der Waals surface area contributed by atoms with Crippen molar-refractivity contribution in [2.24, 2.45) is 0 Å². The Hall–Kier alpha value is -8.74. The molecule has 2 aliphatic rings. The molecule has 0 aliphatic carbocycles. The number of benzene rings is 9. The van der Waals surface area contributed by atoms with Crippen molar-refractivity contribution in [3.05, 3.63) is 206 Å². The zero-order chi connectivity index (χ0) is 41.9. The molecule has 64 heavy (non-hydrogen) atoms. The van der Waals surface area contributed by atoms with Crippen LogP contribution in [-0.2, 0) is 0 Å². The highest BCUT2D eigenvalue weighted by molar-refractivity contribution is 6.27. The average molecular weight is 815 g/mol. The lowest BCUT2D eigenvalue weighted by atomic mass is 9.80. The lowest BCUT2D eigenvalue weighted by molar-refractivity contribution is 0.953. The van der Waals surface area contributed by atoms with Gasteiger partial charge in [0.25, 0.3) is 0 Å². The Bertz CT molecular complexity index is 3830. The van der Waals surface area contributed by atoms with Gasteiger partial charge in [0.2, 0.25) is 5.95 Å². The molecule has 0 radical (unpaired) electrons. The highest BCUT2D eigenvalue weighted by atomic mass is 15.2. The normalized spacial score (nSPS) is 12.3. The molecule has 0 fully saturated rings. The summed E-state index contributed by atoms with van der Waals surface area (Å²) in [5.74, 6) is 1.82. The Kier molecular flexibility index (Phi) is 7.30. The van der Waals surface area contributed by atoms with Crippen LogP contribution in [0.4, 0.5) is 17.1 Å². The van der Waals surface area contributed by atoms with Crippen LogP contribution in [0.1, 0.15) is 0 Å². The summed E-state index contributed by atoms with van der Waals surface area (Å²) in [5, 5.41) is 7.11. The molecular formula is C58H34N6. The van der Waals surface area contributed by atoms with Crippen LogP contribution in [0.25, 0.3) is 117 Å². The van der Waals surface area contributed by atoms with Crippen LogP contribution in [0.3, 0.4) is 0 Å². The molecule has 9 aromatic carbocycles. The number of anilines is 3. The first kappa shape index (κ1) is 34.9. The van der Waals surface area contributed by atoms with E-state index in [0.717, 1.165) is 61.0 Å². The first-order valence-electron chi connectivity index (χ1n) is 21.6. The summed E-state index contributed by atoms with van der Waals surface area (Å²) in [4.78, 5) is 23.0. The molecule has 0 unspecified atom stereocenters. The Balaban J connectivity index is 1.07. The van der Waals surface area contributed by atoms with Crippen molar-refractivity contribution in [1.29, 1.82) is 0 Å². The minimum atomic E-state index is 0.572. The van der Waals surface area contributed by atoms with Gasteiger partial charge in [-0.1, -0.05) is 146 Å². The van der Waals surface area contributed by atoms with Crippen LogP contribution >= 0.6 is 0 Å². The topological polar surface area (TPSA) is 59.7 Å². The highest BCUT2D eigenvalue weighted by Crippen LogP contribution is 2.60. The molecule has 6 heteroatoms. The summed E-state index contributed by atoms with van der Waals surface area (Å²) >= 11 is 0. The Labute approximate surface area is 368 Å².